The molecule has 6 fully saturated rings. The molecule has 13 rings (SSSR count). The lowest BCUT2D eigenvalue weighted by molar-refractivity contribution is -0.203. The van der Waals surface area contributed by atoms with Gasteiger partial charge in [-0.3, -0.25) is 24.0 Å². The molecular weight excluding hydrogens is 1330 g/mol. The Morgan fingerprint density at radius 1 is 0.486 bits per heavy atom. The van der Waals surface area contributed by atoms with Crippen molar-refractivity contribution in [3.05, 3.63) is 112 Å². The highest BCUT2D eigenvalue weighted by Gasteiger charge is 2.80. The highest BCUT2D eigenvalue weighted by molar-refractivity contribution is 5.98. The Kier molecular flexibility index (Phi) is 22.8. The van der Waals surface area contributed by atoms with Crippen LogP contribution in [0.25, 0.3) is 6.08 Å². The van der Waals surface area contributed by atoms with Gasteiger partial charge in [0.05, 0.1) is 36.1 Å². The third kappa shape index (κ3) is 12.4. The lowest BCUT2D eigenvalue weighted by Gasteiger charge is -2.48. The molecular formula is C87H122O18. The van der Waals surface area contributed by atoms with Crippen LogP contribution in [0.5, 0.6) is 0 Å². The molecule has 0 amide bonds. The summed E-state index contributed by atoms with van der Waals surface area (Å²) in [4.78, 5) is 81.4. The van der Waals surface area contributed by atoms with Gasteiger partial charge in [0.1, 0.15) is 18.3 Å². The van der Waals surface area contributed by atoms with E-state index < -0.39 is 125 Å². The van der Waals surface area contributed by atoms with E-state index in [1.54, 1.807) is 63.3 Å². The SMILES string of the molecule is CC1=C[C@]23C(=O)[C@@H](C=C(CO)[C@@H](O)[C@]2(O)[C@H]1OC(=O)/C=C/c1ccccc1)[C@]1(C)[C@H](C)[C@@H]1C[C@H]3C.CCCCCC(=O)O[C@H]1C(C)=C[C@]23C(=O)[C@@H](C=C(CO)[C@@H](O)[C@]12O)[C@H]1[C@@H](C[C@H]3C)C1(C)C.CCCCCCCCCCCC(=O)O[C@H]1C(C)=C[C@]23C(=O)[C@@H](C=C(CO)[C@@H](O)[C@]12O)[C@H]1[C@@H](C[C@H]3C)C1(C)C. The number of aliphatic hydroxyl groups excluding tert-OH is 6. The number of allylic oxidation sites excluding steroid dienone is 3. The van der Waals surface area contributed by atoms with E-state index in [1.807, 2.05) is 58.0 Å². The average molecular weight is 1460 g/mol. The van der Waals surface area contributed by atoms with Crippen LogP contribution in [0.15, 0.2) is 106 Å². The number of hydrogen-bond acceptors (Lipinski definition) is 18. The second-order valence-electron chi connectivity index (χ2n) is 35.7. The third-order valence-corrected chi connectivity index (χ3v) is 29.5. The van der Waals surface area contributed by atoms with Crippen LogP contribution in [0.2, 0.25) is 0 Å². The molecule has 0 radical (unpaired) electrons. The molecule has 0 heterocycles. The first-order chi connectivity index (χ1) is 49.5. The Bertz CT molecular complexity index is 3740. The third-order valence-electron chi connectivity index (χ3n) is 29.5. The summed E-state index contributed by atoms with van der Waals surface area (Å²) in [6, 6.07) is 9.28. The van der Waals surface area contributed by atoms with Gasteiger partial charge in [-0.2, -0.15) is 0 Å². The normalized spacial score (nSPS) is 42.1. The first-order valence-electron chi connectivity index (χ1n) is 39.7. The Labute approximate surface area is 622 Å². The molecule has 6 bridgehead atoms. The van der Waals surface area contributed by atoms with Crippen molar-refractivity contribution < 1.29 is 88.9 Å². The molecule has 25 atom stereocenters. The van der Waals surface area contributed by atoms with E-state index in [9.17, 15) is 74.7 Å². The van der Waals surface area contributed by atoms with Crippen LogP contribution in [0.3, 0.4) is 0 Å². The fourth-order valence-corrected chi connectivity index (χ4v) is 23.2. The van der Waals surface area contributed by atoms with Crippen molar-refractivity contribution >= 4 is 41.3 Å². The molecule has 18 heteroatoms. The summed E-state index contributed by atoms with van der Waals surface area (Å²) in [5, 5.41) is 102. The van der Waals surface area contributed by atoms with Crippen molar-refractivity contribution in [1.29, 1.82) is 0 Å². The molecule has 1 aromatic carbocycles. The van der Waals surface area contributed by atoms with Gasteiger partial charge in [0.2, 0.25) is 0 Å². The molecule has 1 aromatic rings. The van der Waals surface area contributed by atoms with E-state index >= 15 is 0 Å². The van der Waals surface area contributed by atoms with Crippen LogP contribution in [-0.2, 0) is 43.0 Å². The van der Waals surface area contributed by atoms with Crippen LogP contribution in [0.1, 0.15) is 212 Å². The van der Waals surface area contributed by atoms with Gasteiger partial charge in [-0.1, -0.05) is 207 Å². The number of unbranched alkanes of at least 4 members (excludes halogenated alkanes) is 10. The molecule has 0 saturated heterocycles. The highest BCUT2D eigenvalue weighted by atomic mass is 16.6. The second-order valence-corrected chi connectivity index (χ2v) is 35.7. The first kappa shape index (κ1) is 80.5. The van der Waals surface area contributed by atoms with Gasteiger partial charge in [-0.05, 0) is 167 Å². The minimum atomic E-state index is -2.12. The molecule has 0 aliphatic heterocycles. The van der Waals surface area contributed by atoms with Crippen molar-refractivity contribution in [2.24, 2.45) is 104 Å². The maximum absolute atomic E-state index is 14.4. The van der Waals surface area contributed by atoms with Gasteiger partial charge in [0, 0.05) is 36.7 Å². The summed E-state index contributed by atoms with van der Waals surface area (Å²) in [7, 11) is 0. The van der Waals surface area contributed by atoms with E-state index in [2.05, 4.69) is 48.5 Å². The summed E-state index contributed by atoms with van der Waals surface area (Å²) < 4.78 is 17.5. The van der Waals surface area contributed by atoms with Crippen LogP contribution < -0.4 is 0 Å². The molecule has 0 aromatic heterocycles. The quantitative estimate of drug-likeness (QED) is 0.0171. The number of carbonyl (C=O) groups is 6. The zero-order chi connectivity index (χ0) is 76.9. The lowest BCUT2D eigenvalue weighted by atomic mass is 9.59. The molecule has 12 aliphatic rings. The van der Waals surface area contributed by atoms with Gasteiger partial charge in [0.15, 0.2) is 52.5 Å². The minimum Gasteiger partial charge on any atom is -0.455 e. The fourth-order valence-electron chi connectivity index (χ4n) is 23.2. The van der Waals surface area contributed by atoms with Crippen molar-refractivity contribution in [3.8, 4) is 0 Å². The largest absolute Gasteiger partial charge is 0.455 e. The van der Waals surface area contributed by atoms with Crippen LogP contribution >= 0.6 is 0 Å². The molecule has 0 unspecified atom stereocenters. The van der Waals surface area contributed by atoms with Crippen molar-refractivity contribution in [3.63, 3.8) is 0 Å². The molecule has 9 N–H and O–H groups in total. The number of ketones is 3. The summed E-state index contributed by atoms with van der Waals surface area (Å²) in [6.07, 6.45) is 20.7. The minimum absolute atomic E-state index is 0.0107. The van der Waals surface area contributed by atoms with Crippen molar-refractivity contribution in [2.45, 2.75) is 260 Å². The van der Waals surface area contributed by atoms with Gasteiger partial charge in [-0.25, -0.2) is 4.79 Å². The Hall–Kier alpha value is -5.54. The predicted octanol–water partition coefficient (Wildman–Crippen LogP) is 11.3. The summed E-state index contributed by atoms with van der Waals surface area (Å²) in [5.41, 5.74) is -7.51. The molecule has 3 spiro atoms. The smallest absolute Gasteiger partial charge is 0.331 e. The van der Waals surface area contributed by atoms with E-state index in [0.717, 1.165) is 50.5 Å². The number of hydrogen-bond donors (Lipinski definition) is 9. The number of rotatable bonds is 22. The Balaban J connectivity index is 0.000000158. The monoisotopic (exact) mass is 1450 g/mol. The molecule has 578 valence electrons. The number of carbonyl (C=O) groups excluding carboxylic acids is 6. The van der Waals surface area contributed by atoms with E-state index in [4.69, 9.17) is 14.2 Å². The Morgan fingerprint density at radius 3 is 1.25 bits per heavy atom. The summed E-state index contributed by atoms with van der Waals surface area (Å²) in [6.45, 7) is 26.9. The van der Waals surface area contributed by atoms with E-state index in [1.165, 1.54) is 44.6 Å². The number of esters is 3. The second kappa shape index (κ2) is 29.7. The molecule has 12 aliphatic carbocycles. The number of aliphatic hydroxyl groups is 9. The highest BCUT2D eigenvalue weighted by Crippen LogP contribution is 2.76. The van der Waals surface area contributed by atoms with Crippen LogP contribution in [-0.4, -0.2) is 154 Å². The molecule has 105 heavy (non-hydrogen) atoms. The summed E-state index contributed by atoms with van der Waals surface area (Å²) in [5.74, 6) is -2.81. The van der Waals surface area contributed by atoms with Crippen molar-refractivity contribution in [1.82, 2.24) is 0 Å². The topological polar surface area (TPSA) is 312 Å². The van der Waals surface area contributed by atoms with Gasteiger partial charge in [-0.15, -0.1) is 0 Å². The first-order valence-corrected chi connectivity index (χ1v) is 39.7. The zero-order valence-electron chi connectivity index (χ0n) is 64.7. The van der Waals surface area contributed by atoms with Gasteiger partial charge < -0.3 is 60.2 Å². The average Bonchev–Trinajstić information content (AvgIpc) is 1.51. The number of fused-ring (bicyclic) bond motifs is 9. The number of ether oxygens (including phenoxy) is 3. The lowest BCUT2D eigenvalue weighted by Crippen LogP contribution is -2.65. The van der Waals surface area contributed by atoms with Crippen LogP contribution in [0.4, 0.5) is 0 Å². The Morgan fingerprint density at radius 2 is 0.838 bits per heavy atom. The zero-order valence-corrected chi connectivity index (χ0v) is 64.7. The van der Waals surface area contributed by atoms with E-state index in [-0.39, 0.29) is 92.7 Å². The fraction of sp³-hybridized carbons (Fsp3) is 0.701. The maximum atomic E-state index is 14.4. The number of Topliss-reactive ketones (excluding diaryl/α,β-unsaturated/α-hetero) is 3. The van der Waals surface area contributed by atoms with Crippen LogP contribution in [0, 0.1) is 104 Å². The van der Waals surface area contributed by atoms with Gasteiger partial charge in [0.25, 0.3) is 0 Å². The number of benzene rings is 1. The van der Waals surface area contributed by atoms with Gasteiger partial charge >= 0.3 is 17.9 Å². The summed E-state index contributed by atoms with van der Waals surface area (Å²) >= 11 is 0. The van der Waals surface area contributed by atoms with Crippen molar-refractivity contribution in [2.75, 3.05) is 19.8 Å². The maximum Gasteiger partial charge on any atom is 0.331 e. The molecule has 6 saturated carbocycles. The predicted molar refractivity (Wildman–Crippen MR) is 397 cm³/mol. The standard InChI is InChI=1S/C32H50O6.C29H34O6.C26H38O6/c1-6-7-8-9-10-11-12-13-14-15-25(34)38-29-20(2)18-31-21(3)16-24-26(30(24,4)5)23(28(31)36)17-22(19-33)27(35)32(29,31)37;1-16-14-28-17(2)12-21-18(3)27(21,4)22(25(28)33)13-20(15-30)24(32)29(28,34)26(16)35-23(31)11-10-19-8-6-5-7-9-19;1-6-7-8-9-19(28)32-23-14(2)12-25-15(3)10-18-20(24(18,4)5)17(22(25)30)11-16(13-27)21(29)26(23,25)31/h17-18,21,23-24,26-27,29,33,35,37H,6-16,19H2,1-5H3;5-11,13-14,17-18,21-22,24,26,30,32,34H,12,15H2,1-4H3;11-12,15,17-18,20-21,23,27,29,31H,6-10,13H2,1-5H3/b;11-10+;/t21-,23+,24-,26+,27-,29+,31+,32+;17-,18-,21+,22-,24-,26+,27-,28+,29+;15-,17+,18-,20+,21-,23+,25+,26+/m111/s1. The van der Waals surface area contributed by atoms with E-state index in [0.29, 0.717) is 53.2 Å². The molecule has 18 nitrogen and oxygen atoms in total.